The summed E-state index contributed by atoms with van der Waals surface area (Å²) < 4.78 is 0. The minimum atomic E-state index is 0.712. The van der Waals surface area contributed by atoms with E-state index in [-0.39, 0.29) is 0 Å². The monoisotopic (exact) mass is 123 g/mol. The molecule has 0 aliphatic carbocycles. The van der Waals surface area contributed by atoms with Crippen molar-refractivity contribution in [2.24, 2.45) is 4.99 Å². The summed E-state index contributed by atoms with van der Waals surface area (Å²) in [5, 5.41) is 0. The van der Waals surface area contributed by atoms with Crippen LogP contribution in [0.1, 0.15) is 13.8 Å². The summed E-state index contributed by atoms with van der Waals surface area (Å²) in [6.07, 6.45) is 6.01. The number of allylic oxidation sites excluding steroid dienone is 3. The van der Waals surface area contributed by atoms with Crippen LogP contribution in [0.4, 0.5) is 0 Å². The van der Waals surface area contributed by atoms with E-state index in [1.54, 1.807) is 0 Å². The van der Waals surface area contributed by atoms with E-state index in [9.17, 15) is 0 Å². The van der Waals surface area contributed by atoms with Gasteiger partial charge in [-0.3, -0.25) is 4.99 Å². The van der Waals surface area contributed by atoms with Crippen LogP contribution in [0.15, 0.2) is 28.8 Å². The Kier molecular flexibility index (Phi) is 4.79. The number of hydrogen-bond donors (Lipinski definition) is 0. The van der Waals surface area contributed by atoms with E-state index in [0.29, 0.717) is 6.54 Å². The fourth-order valence-corrected chi connectivity index (χ4v) is 0.396. The summed E-state index contributed by atoms with van der Waals surface area (Å²) in [5.74, 6) is 0. The second-order valence-corrected chi connectivity index (χ2v) is 2.08. The lowest BCUT2D eigenvalue weighted by molar-refractivity contribution is 1.26. The molecule has 0 aliphatic heterocycles. The maximum atomic E-state index is 3.67. The fraction of sp³-hybridized carbons (Fsp3) is 0.375. The van der Waals surface area contributed by atoms with Crippen LogP contribution in [0.25, 0.3) is 0 Å². The number of nitrogens with zero attached hydrogens (tertiary/aromatic N) is 1. The van der Waals surface area contributed by atoms with Crippen LogP contribution >= 0.6 is 0 Å². The van der Waals surface area contributed by atoms with Crippen molar-refractivity contribution in [3.63, 3.8) is 0 Å². The molecule has 0 aromatic carbocycles. The maximum absolute atomic E-state index is 3.67. The van der Waals surface area contributed by atoms with Gasteiger partial charge in [0.15, 0.2) is 0 Å². The van der Waals surface area contributed by atoms with Gasteiger partial charge in [0.05, 0.1) is 6.54 Å². The largest absolute Gasteiger partial charge is 0.297 e. The van der Waals surface area contributed by atoms with Crippen molar-refractivity contribution in [1.29, 1.82) is 0 Å². The predicted molar refractivity (Wildman–Crippen MR) is 43.0 cm³/mol. The Morgan fingerprint density at radius 2 is 2.22 bits per heavy atom. The fourth-order valence-electron chi connectivity index (χ4n) is 0.396. The van der Waals surface area contributed by atoms with Gasteiger partial charge < -0.3 is 0 Å². The second kappa shape index (κ2) is 5.29. The molecule has 0 aromatic rings. The summed E-state index contributed by atoms with van der Waals surface area (Å²) in [6.45, 7) is 8.19. The van der Waals surface area contributed by atoms with Crippen molar-refractivity contribution in [1.82, 2.24) is 0 Å². The molecule has 0 saturated heterocycles. The average Bonchev–Trinajstić information content (AvgIpc) is 1.80. The van der Waals surface area contributed by atoms with E-state index in [4.69, 9.17) is 0 Å². The van der Waals surface area contributed by atoms with Crippen molar-refractivity contribution >= 4 is 6.72 Å². The summed E-state index contributed by atoms with van der Waals surface area (Å²) in [5.41, 5.74) is 1.30. The van der Waals surface area contributed by atoms with Gasteiger partial charge in [0.2, 0.25) is 0 Å². The lowest BCUT2D eigenvalue weighted by atomic mass is 10.3. The Balaban J connectivity index is 3.47. The quantitative estimate of drug-likeness (QED) is 0.403. The summed E-state index contributed by atoms with van der Waals surface area (Å²) in [6, 6.07) is 0. The highest BCUT2D eigenvalue weighted by molar-refractivity contribution is 5.24. The Labute approximate surface area is 56.8 Å². The van der Waals surface area contributed by atoms with Crippen molar-refractivity contribution in [3.8, 4) is 0 Å². The highest BCUT2D eigenvalue weighted by atomic mass is 14.6. The minimum absolute atomic E-state index is 0.712. The molecule has 1 heteroatoms. The maximum Gasteiger partial charge on any atom is 0.0566 e. The van der Waals surface area contributed by atoms with Crippen molar-refractivity contribution in [3.05, 3.63) is 23.8 Å². The SMILES string of the molecule is C=NCC=CC=C(C)C. The van der Waals surface area contributed by atoms with Crippen LogP contribution in [0.2, 0.25) is 0 Å². The van der Waals surface area contributed by atoms with Crippen LogP contribution < -0.4 is 0 Å². The second-order valence-electron chi connectivity index (χ2n) is 2.08. The lowest BCUT2D eigenvalue weighted by Gasteiger charge is -1.81. The predicted octanol–water partition coefficient (Wildman–Crippen LogP) is 2.21. The zero-order valence-electron chi connectivity index (χ0n) is 6.09. The standard InChI is InChI=1S/C8H13N/c1-8(2)6-4-5-7-9-3/h4-6H,3,7H2,1-2H3. The van der Waals surface area contributed by atoms with Crippen LogP contribution in [0.3, 0.4) is 0 Å². The average molecular weight is 123 g/mol. The first-order valence-electron chi connectivity index (χ1n) is 3.00. The molecule has 1 nitrogen and oxygen atoms in total. The normalized spacial score (nSPS) is 9.56. The van der Waals surface area contributed by atoms with Crippen LogP contribution in [-0.2, 0) is 0 Å². The lowest BCUT2D eigenvalue weighted by Crippen LogP contribution is -1.66. The zero-order valence-corrected chi connectivity index (χ0v) is 6.09. The summed E-state index contributed by atoms with van der Waals surface area (Å²) in [7, 11) is 0. The molecule has 0 N–H and O–H groups in total. The summed E-state index contributed by atoms with van der Waals surface area (Å²) in [4.78, 5) is 3.67. The van der Waals surface area contributed by atoms with Crippen LogP contribution in [0.5, 0.6) is 0 Å². The van der Waals surface area contributed by atoms with Crippen molar-refractivity contribution < 1.29 is 0 Å². The van der Waals surface area contributed by atoms with E-state index in [1.807, 2.05) is 18.2 Å². The van der Waals surface area contributed by atoms with E-state index < -0.39 is 0 Å². The Hall–Kier alpha value is -0.850. The van der Waals surface area contributed by atoms with Crippen molar-refractivity contribution in [2.45, 2.75) is 13.8 Å². The van der Waals surface area contributed by atoms with Crippen LogP contribution in [-0.4, -0.2) is 13.3 Å². The molecule has 0 bridgehead atoms. The highest BCUT2D eigenvalue weighted by Gasteiger charge is 1.69. The Bertz CT molecular complexity index is 128. The topological polar surface area (TPSA) is 12.4 Å². The number of rotatable bonds is 3. The van der Waals surface area contributed by atoms with Gasteiger partial charge >= 0.3 is 0 Å². The van der Waals surface area contributed by atoms with Gasteiger partial charge in [-0.2, -0.15) is 0 Å². The molecule has 0 rings (SSSR count). The molecule has 0 aromatic heterocycles. The van der Waals surface area contributed by atoms with Gasteiger partial charge in [0.1, 0.15) is 0 Å². The van der Waals surface area contributed by atoms with E-state index in [1.165, 1.54) is 5.57 Å². The van der Waals surface area contributed by atoms with Gasteiger partial charge in [-0.25, -0.2) is 0 Å². The molecule has 0 atom stereocenters. The molecular formula is C8H13N. The molecule has 0 fully saturated rings. The third-order valence-electron chi connectivity index (χ3n) is 0.800. The molecule has 50 valence electrons. The molecule has 0 amide bonds. The van der Waals surface area contributed by atoms with E-state index in [2.05, 4.69) is 25.6 Å². The first-order valence-corrected chi connectivity index (χ1v) is 3.00. The molecule has 0 heterocycles. The first-order chi connectivity index (χ1) is 4.27. The van der Waals surface area contributed by atoms with E-state index >= 15 is 0 Å². The number of hydrogen-bond acceptors (Lipinski definition) is 1. The van der Waals surface area contributed by atoms with E-state index in [0.717, 1.165) is 0 Å². The summed E-state index contributed by atoms with van der Waals surface area (Å²) >= 11 is 0. The molecule has 0 saturated carbocycles. The van der Waals surface area contributed by atoms with Gasteiger partial charge in [-0.15, -0.1) is 0 Å². The molecule has 0 unspecified atom stereocenters. The van der Waals surface area contributed by atoms with Gasteiger partial charge in [-0.05, 0) is 20.6 Å². The van der Waals surface area contributed by atoms with Gasteiger partial charge in [-0.1, -0.05) is 23.8 Å². The third kappa shape index (κ3) is 7.15. The third-order valence-corrected chi connectivity index (χ3v) is 0.800. The highest BCUT2D eigenvalue weighted by Crippen LogP contribution is 1.88. The molecule has 0 aliphatic rings. The number of aliphatic imine (C=N–C) groups is 1. The molecule has 0 spiro atoms. The van der Waals surface area contributed by atoms with Crippen LogP contribution in [0, 0.1) is 0 Å². The molecule has 9 heavy (non-hydrogen) atoms. The first kappa shape index (κ1) is 8.15. The van der Waals surface area contributed by atoms with Gasteiger partial charge in [0, 0.05) is 0 Å². The minimum Gasteiger partial charge on any atom is -0.297 e. The van der Waals surface area contributed by atoms with Crippen molar-refractivity contribution in [2.75, 3.05) is 6.54 Å². The Morgan fingerprint density at radius 1 is 1.56 bits per heavy atom. The Morgan fingerprint density at radius 3 is 2.67 bits per heavy atom. The molecule has 0 radical (unpaired) electrons. The van der Waals surface area contributed by atoms with Gasteiger partial charge in [0.25, 0.3) is 0 Å². The zero-order chi connectivity index (χ0) is 7.11. The molecular weight excluding hydrogens is 110 g/mol. The smallest absolute Gasteiger partial charge is 0.0566 e.